The highest BCUT2D eigenvalue weighted by molar-refractivity contribution is 5.97. The van der Waals surface area contributed by atoms with E-state index >= 15 is 0 Å². The third-order valence-electron chi connectivity index (χ3n) is 5.13. The molecular formula is C24H32N2O5. The average Bonchev–Trinajstić information content (AvgIpc) is 2.79. The maximum atomic E-state index is 13.0. The molecule has 2 rings (SSSR count). The molecule has 2 amide bonds. The molecule has 0 aromatic heterocycles. The van der Waals surface area contributed by atoms with Gasteiger partial charge in [-0.3, -0.25) is 9.59 Å². The first-order valence-corrected chi connectivity index (χ1v) is 10.2. The van der Waals surface area contributed by atoms with Crippen molar-refractivity contribution < 1.29 is 23.8 Å². The number of amides is 2. The molecule has 0 aliphatic heterocycles. The standard InChI is InChI=1S/C24H32N2O5/c1-16(2)22(25-23(27)18-8-10-19(29-4)11-9-18)24(28)26(3)14-13-17-7-12-20(30-5)21(15-17)31-6/h7-12,15-16,22H,13-14H2,1-6H3,(H,25,27). The van der Waals surface area contributed by atoms with Crippen LogP contribution in [0.2, 0.25) is 0 Å². The zero-order valence-electron chi connectivity index (χ0n) is 19.1. The minimum Gasteiger partial charge on any atom is -0.497 e. The highest BCUT2D eigenvalue weighted by Gasteiger charge is 2.27. The summed E-state index contributed by atoms with van der Waals surface area (Å²) in [5.74, 6) is 1.51. The van der Waals surface area contributed by atoms with Gasteiger partial charge in [0.25, 0.3) is 5.91 Å². The number of hydrogen-bond acceptors (Lipinski definition) is 5. The van der Waals surface area contributed by atoms with Crippen LogP contribution in [0, 0.1) is 5.92 Å². The zero-order valence-corrected chi connectivity index (χ0v) is 19.1. The van der Waals surface area contributed by atoms with Crippen LogP contribution >= 0.6 is 0 Å². The number of carbonyl (C=O) groups is 2. The van der Waals surface area contributed by atoms with Gasteiger partial charge in [0, 0.05) is 19.2 Å². The fraction of sp³-hybridized carbons (Fsp3) is 0.417. The number of nitrogens with one attached hydrogen (secondary N) is 1. The molecule has 0 aliphatic rings. The Labute approximate surface area is 184 Å². The summed E-state index contributed by atoms with van der Waals surface area (Å²) in [6.45, 7) is 4.34. The molecule has 0 bridgehead atoms. The van der Waals surface area contributed by atoms with E-state index < -0.39 is 6.04 Å². The van der Waals surface area contributed by atoms with Crippen LogP contribution in [0.25, 0.3) is 0 Å². The Morgan fingerprint density at radius 1 is 0.935 bits per heavy atom. The molecule has 0 spiro atoms. The van der Waals surface area contributed by atoms with Crippen LogP contribution in [-0.4, -0.2) is 57.7 Å². The first kappa shape index (κ1) is 24.1. The van der Waals surface area contributed by atoms with E-state index in [2.05, 4.69) is 5.32 Å². The van der Waals surface area contributed by atoms with Crippen LogP contribution in [-0.2, 0) is 11.2 Å². The second-order valence-electron chi connectivity index (χ2n) is 7.62. The Morgan fingerprint density at radius 2 is 1.58 bits per heavy atom. The summed E-state index contributed by atoms with van der Waals surface area (Å²) in [6, 6.07) is 11.9. The van der Waals surface area contributed by atoms with E-state index in [1.54, 1.807) is 57.5 Å². The maximum Gasteiger partial charge on any atom is 0.251 e. The van der Waals surface area contributed by atoms with Gasteiger partial charge in [0.2, 0.25) is 5.91 Å². The molecule has 0 saturated heterocycles. The lowest BCUT2D eigenvalue weighted by Gasteiger charge is -2.27. The number of benzene rings is 2. The molecule has 1 atom stereocenters. The Hall–Kier alpha value is -3.22. The van der Waals surface area contributed by atoms with Gasteiger partial charge in [-0.1, -0.05) is 19.9 Å². The third kappa shape index (κ3) is 6.38. The van der Waals surface area contributed by atoms with Crippen molar-refractivity contribution in [3.05, 3.63) is 53.6 Å². The van der Waals surface area contributed by atoms with E-state index in [1.165, 1.54) is 0 Å². The number of ether oxygens (including phenoxy) is 3. The fourth-order valence-corrected chi connectivity index (χ4v) is 3.16. The van der Waals surface area contributed by atoms with E-state index in [0.29, 0.717) is 35.8 Å². The van der Waals surface area contributed by atoms with Gasteiger partial charge in [0.15, 0.2) is 11.5 Å². The van der Waals surface area contributed by atoms with Crippen LogP contribution in [0.5, 0.6) is 17.2 Å². The Morgan fingerprint density at radius 3 is 2.13 bits per heavy atom. The lowest BCUT2D eigenvalue weighted by molar-refractivity contribution is -0.133. The van der Waals surface area contributed by atoms with Gasteiger partial charge < -0.3 is 24.4 Å². The zero-order chi connectivity index (χ0) is 23.0. The number of likely N-dealkylation sites (N-methyl/N-ethyl adjacent to an activating group) is 1. The van der Waals surface area contributed by atoms with Crippen molar-refractivity contribution in [3.63, 3.8) is 0 Å². The van der Waals surface area contributed by atoms with E-state index in [4.69, 9.17) is 14.2 Å². The van der Waals surface area contributed by atoms with Gasteiger partial charge in [0.1, 0.15) is 11.8 Å². The molecule has 0 aliphatic carbocycles. The summed E-state index contributed by atoms with van der Waals surface area (Å²) in [7, 11) is 6.50. The molecule has 7 nitrogen and oxygen atoms in total. The van der Waals surface area contributed by atoms with Gasteiger partial charge in [0.05, 0.1) is 21.3 Å². The fourth-order valence-electron chi connectivity index (χ4n) is 3.16. The molecule has 0 radical (unpaired) electrons. The monoisotopic (exact) mass is 428 g/mol. The van der Waals surface area contributed by atoms with Gasteiger partial charge >= 0.3 is 0 Å². The molecule has 0 heterocycles. The normalized spacial score (nSPS) is 11.6. The number of methoxy groups -OCH3 is 3. The molecular weight excluding hydrogens is 396 g/mol. The van der Waals surface area contributed by atoms with E-state index in [1.807, 2.05) is 32.0 Å². The predicted molar refractivity (Wildman–Crippen MR) is 120 cm³/mol. The number of hydrogen-bond donors (Lipinski definition) is 1. The summed E-state index contributed by atoms with van der Waals surface area (Å²) in [6.07, 6.45) is 0.653. The van der Waals surface area contributed by atoms with Crippen molar-refractivity contribution in [1.29, 1.82) is 0 Å². The van der Waals surface area contributed by atoms with Gasteiger partial charge in [-0.05, 0) is 54.3 Å². The van der Waals surface area contributed by atoms with Crippen LogP contribution in [0.1, 0.15) is 29.8 Å². The second kappa shape index (κ2) is 11.2. The topological polar surface area (TPSA) is 77.1 Å². The van der Waals surface area contributed by atoms with Crippen molar-refractivity contribution in [1.82, 2.24) is 10.2 Å². The summed E-state index contributed by atoms with van der Waals surface area (Å²) in [5.41, 5.74) is 1.51. The van der Waals surface area contributed by atoms with Gasteiger partial charge in [-0.25, -0.2) is 0 Å². The number of carbonyl (C=O) groups excluding carboxylic acids is 2. The van der Waals surface area contributed by atoms with Crippen LogP contribution < -0.4 is 19.5 Å². The molecule has 31 heavy (non-hydrogen) atoms. The van der Waals surface area contributed by atoms with Crippen LogP contribution in [0.15, 0.2) is 42.5 Å². The van der Waals surface area contributed by atoms with Crippen molar-refractivity contribution in [2.24, 2.45) is 5.92 Å². The number of rotatable bonds is 10. The van der Waals surface area contributed by atoms with E-state index in [0.717, 1.165) is 5.56 Å². The lowest BCUT2D eigenvalue weighted by Crippen LogP contribution is -2.50. The molecule has 2 aromatic rings. The molecule has 1 N–H and O–H groups in total. The molecule has 0 fully saturated rings. The largest absolute Gasteiger partial charge is 0.497 e. The third-order valence-corrected chi connectivity index (χ3v) is 5.13. The van der Waals surface area contributed by atoms with Crippen molar-refractivity contribution in [2.75, 3.05) is 34.9 Å². The molecule has 168 valence electrons. The molecule has 2 aromatic carbocycles. The minimum absolute atomic E-state index is 0.0572. The average molecular weight is 429 g/mol. The van der Waals surface area contributed by atoms with E-state index in [-0.39, 0.29) is 17.7 Å². The quantitative estimate of drug-likeness (QED) is 0.629. The molecule has 7 heteroatoms. The summed E-state index contributed by atoms with van der Waals surface area (Å²) in [4.78, 5) is 27.3. The Bertz CT molecular complexity index is 880. The predicted octanol–water partition coefficient (Wildman–Crippen LogP) is 3.17. The highest BCUT2D eigenvalue weighted by atomic mass is 16.5. The van der Waals surface area contributed by atoms with E-state index in [9.17, 15) is 9.59 Å². The summed E-state index contributed by atoms with van der Waals surface area (Å²) >= 11 is 0. The Balaban J connectivity index is 2.02. The van der Waals surface area contributed by atoms with Gasteiger partial charge in [-0.15, -0.1) is 0 Å². The lowest BCUT2D eigenvalue weighted by atomic mass is 10.0. The second-order valence-corrected chi connectivity index (χ2v) is 7.62. The minimum atomic E-state index is -0.620. The first-order valence-electron chi connectivity index (χ1n) is 10.2. The van der Waals surface area contributed by atoms with Crippen molar-refractivity contribution in [3.8, 4) is 17.2 Å². The SMILES string of the molecule is COc1ccc(C(=O)NC(C(=O)N(C)CCc2ccc(OC)c(OC)c2)C(C)C)cc1. The number of nitrogens with zero attached hydrogens (tertiary/aromatic N) is 1. The summed E-state index contributed by atoms with van der Waals surface area (Å²) < 4.78 is 15.7. The smallest absolute Gasteiger partial charge is 0.251 e. The summed E-state index contributed by atoms with van der Waals surface area (Å²) in [5, 5.41) is 2.87. The first-order chi connectivity index (χ1) is 14.8. The van der Waals surface area contributed by atoms with Crippen LogP contribution in [0.4, 0.5) is 0 Å². The highest BCUT2D eigenvalue weighted by Crippen LogP contribution is 2.27. The van der Waals surface area contributed by atoms with Crippen molar-refractivity contribution >= 4 is 11.8 Å². The van der Waals surface area contributed by atoms with Gasteiger partial charge in [-0.2, -0.15) is 0 Å². The maximum absolute atomic E-state index is 13.0. The van der Waals surface area contributed by atoms with Crippen LogP contribution in [0.3, 0.4) is 0 Å². The molecule has 0 saturated carbocycles. The molecule has 1 unspecified atom stereocenters. The van der Waals surface area contributed by atoms with Crippen molar-refractivity contribution in [2.45, 2.75) is 26.3 Å². The Kier molecular flexibility index (Phi) is 8.73.